The van der Waals surface area contributed by atoms with E-state index in [1.807, 2.05) is 30.0 Å². The molecule has 200 valence electrons. The number of carbonyl (C=O) groups is 1. The van der Waals surface area contributed by atoms with Crippen LogP contribution in [0.15, 0.2) is 53.3 Å². The van der Waals surface area contributed by atoms with E-state index in [4.69, 9.17) is 4.98 Å². The predicted molar refractivity (Wildman–Crippen MR) is 149 cm³/mol. The number of amides is 1. The van der Waals surface area contributed by atoms with Crippen molar-refractivity contribution in [1.29, 1.82) is 0 Å². The van der Waals surface area contributed by atoms with Gasteiger partial charge in [-0.05, 0) is 55.2 Å². The average molecular weight is 508 g/mol. The Labute approximate surface area is 220 Å². The number of nitrogens with zero attached hydrogens (tertiary/aromatic N) is 3. The third kappa shape index (κ3) is 7.50. The lowest BCUT2D eigenvalue weighted by Crippen LogP contribution is -2.40. The molecule has 3 rings (SSSR count). The Bertz CT molecular complexity index is 1200. The van der Waals surface area contributed by atoms with Gasteiger partial charge in [0.25, 0.3) is 5.56 Å². The fraction of sp³-hybridized carbons (Fsp3) is 0.516. The van der Waals surface area contributed by atoms with E-state index in [1.54, 1.807) is 22.8 Å². The Morgan fingerprint density at radius 1 is 0.946 bits per heavy atom. The summed E-state index contributed by atoms with van der Waals surface area (Å²) in [4.78, 5) is 34.1. The highest BCUT2D eigenvalue weighted by atomic mass is 19.1. The number of fused-ring (bicyclic) bond motifs is 1. The fourth-order valence-electron chi connectivity index (χ4n) is 4.93. The van der Waals surface area contributed by atoms with Gasteiger partial charge >= 0.3 is 0 Å². The van der Waals surface area contributed by atoms with Crippen LogP contribution in [-0.4, -0.2) is 26.9 Å². The maximum atomic E-state index is 13.7. The summed E-state index contributed by atoms with van der Waals surface area (Å²) in [5, 5.41) is 0.496. The van der Waals surface area contributed by atoms with Crippen molar-refractivity contribution in [3.63, 3.8) is 0 Å². The highest BCUT2D eigenvalue weighted by Gasteiger charge is 2.29. The maximum Gasteiger partial charge on any atom is 0.266 e. The molecule has 1 heterocycles. The Morgan fingerprint density at radius 2 is 1.59 bits per heavy atom. The molecule has 1 aromatic heterocycles. The van der Waals surface area contributed by atoms with E-state index in [1.165, 1.54) is 37.8 Å². The molecule has 3 aromatic rings. The van der Waals surface area contributed by atoms with Crippen LogP contribution >= 0.6 is 0 Å². The number of unbranched alkanes of at least 4 members (excludes halogenated alkanes) is 6. The van der Waals surface area contributed by atoms with Crippen LogP contribution in [-0.2, 0) is 4.79 Å². The SMILES string of the molecule is CCCCCCCCCC(=O)N(CC(C)C)C(CC)c1nc2ccccc2c(=O)n1-c1ccc(F)cc1. The first kappa shape index (κ1) is 28.5. The van der Waals surface area contributed by atoms with Crippen molar-refractivity contribution in [3.8, 4) is 5.69 Å². The van der Waals surface area contributed by atoms with Gasteiger partial charge < -0.3 is 4.90 Å². The van der Waals surface area contributed by atoms with E-state index >= 15 is 0 Å². The lowest BCUT2D eigenvalue weighted by Gasteiger charge is -2.33. The summed E-state index contributed by atoms with van der Waals surface area (Å²) in [5.74, 6) is 0.512. The van der Waals surface area contributed by atoms with Crippen molar-refractivity contribution in [2.24, 2.45) is 5.92 Å². The molecule has 0 saturated heterocycles. The highest BCUT2D eigenvalue weighted by molar-refractivity contribution is 5.79. The zero-order valence-electron chi connectivity index (χ0n) is 22.9. The number of benzene rings is 2. The number of hydrogen-bond donors (Lipinski definition) is 0. The van der Waals surface area contributed by atoms with E-state index in [0.29, 0.717) is 41.8 Å². The smallest absolute Gasteiger partial charge is 0.266 e. The van der Waals surface area contributed by atoms with Crippen molar-refractivity contribution < 1.29 is 9.18 Å². The van der Waals surface area contributed by atoms with Gasteiger partial charge in [0.2, 0.25) is 5.91 Å². The zero-order valence-corrected chi connectivity index (χ0v) is 22.9. The molecule has 0 aliphatic rings. The molecule has 1 unspecified atom stereocenters. The molecule has 0 saturated carbocycles. The van der Waals surface area contributed by atoms with Crippen LogP contribution in [0.3, 0.4) is 0 Å². The van der Waals surface area contributed by atoms with Crippen LogP contribution in [0.25, 0.3) is 16.6 Å². The molecule has 0 N–H and O–H groups in total. The average Bonchev–Trinajstić information content (AvgIpc) is 2.88. The first-order valence-electron chi connectivity index (χ1n) is 13.9. The molecule has 0 aliphatic carbocycles. The van der Waals surface area contributed by atoms with Gasteiger partial charge in [-0.1, -0.05) is 78.4 Å². The number of carbonyl (C=O) groups excluding carboxylic acids is 1. The van der Waals surface area contributed by atoms with E-state index in [0.717, 1.165) is 19.3 Å². The van der Waals surface area contributed by atoms with E-state index < -0.39 is 0 Å². The minimum Gasteiger partial charge on any atom is -0.332 e. The Balaban J connectivity index is 1.98. The minimum absolute atomic E-state index is 0.0992. The van der Waals surface area contributed by atoms with Gasteiger partial charge in [0.05, 0.1) is 22.6 Å². The Hall–Kier alpha value is -3.02. The zero-order chi connectivity index (χ0) is 26.8. The summed E-state index contributed by atoms with van der Waals surface area (Å²) in [6.07, 6.45) is 9.16. The van der Waals surface area contributed by atoms with Gasteiger partial charge in [-0.2, -0.15) is 0 Å². The largest absolute Gasteiger partial charge is 0.332 e. The van der Waals surface area contributed by atoms with Gasteiger partial charge in [-0.25, -0.2) is 9.37 Å². The number of hydrogen-bond acceptors (Lipinski definition) is 3. The monoisotopic (exact) mass is 507 g/mol. The van der Waals surface area contributed by atoms with Crippen LogP contribution in [0.5, 0.6) is 0 Å². The third-order valence-electron chi connectivity index (χ3n) is 6.82. The molecule has 37 heavy (non-hydrogen) atoms. The molecule has 6 heteroatoms. The van der Waals surface area contributed by atoms with Crippen LogP contribution in [0.2, 0.25) is 0 Å². The number of halogens is 1. The lowest BCUT2D eigenvalue weighted by atomic mass is 10.0. The van der Waals surface area contributed by atoms with E-state index in [2.05, 4.69) is 20.8 Å². The summed E-state index contributed by atoms with van der Waals surface area (Å²) in [5.41, 5.74) is 0.931. The molecule has 2 aromatic carbocycles. The summed E-state index contributed by atoms with van der Waals surface area (Å²) in [7, 11) is 0. The van der Waals surface area contributed by atoms with Crippen LogP contribution < -0.4 is 5.56 Å². The van der Waals surface area contributed by atoms with Gasteiger partial charge in [0, 0.05) is 13.0 Å². The summed E-state index contributed by atoms with van der Waals surface area (Å²) in [6, 6.07) is 12.8. The van der Waals surface area contributed by atoms with Crippen LogP contribution in [0, 0.1) is 11.7 Å². The quantitative estimate of drug-likeness (QED) is 0.211. The van der Waals surface area contributed by atoms with Crippen molar-refractivity contribution in [2.75, 3.05) is 6.54 Å². The molecule has 0 fully saturated rings. The number of rotatable bonds is 14. The van der Waals surface area contributed by atoms with Gasteiger partial charge in [0.15, 0.2) is 0 Å². The van der Waals surface area contributed by atoms with Gasteiger partial charge in [0.1, 0.15) is 11.6 Å². The summed E-state index contributed by atoms with van der Waals surface area (Å²) >= 11 is 0. The van der Waals surface area contributed by atoms with Crippen molar-refractivity contribution in [2.45, 2.75) is 91.5 Å². The second kappa shape index (κ2) is 14.1. The lowest BCUT2D eigenvalue weighted by molar-refractivity contribution is -0.134. The summed E-state index contributed by atoms with van der Waals surface area (Å²) < 4.78 is 15.3. The normalized spacial score (nSPS) is 12.3. The van der Waals surface area contributed by atoms with Crippen LogP contribution in [0.4, 0.5) is 4.39 Å². The summed E-state index contributed by atoms with van der Waals surface area (Å²) in [6.45, 7) is 9.02. The predicted octanol–water partition coefficient (Wildman–Crippen LogP) is 7.60. The Morgan fingerprint density at radius 3 is 2.24 bits per heavy atom. The molecule has 1 amide bonds. The molecular formula is C31H42FN3O2. The second-order valence-electron chi connectivity index (χ2n) is 10.3. The standard InChI is InChI=1S/C31H42FN3O2/c1-5-7-8-9-10-11-12-17-29(36)34(22-23(3)4)28(6-2)30-33-27-16-14-13-15-26(27)31(37)35(30)25-20-18-24(32)19-21-25/h13-16,18-21,23,28H,5-12,17,22H2,1-4H3. The topological polar surface area (TPSA) is 55.2 Å². The second-order valence-corrected chi connectivity index (χ2v) is 10.3. The molecule has 5 nitrogen and oxygen atoms in total. The number of para-hydroxylation sites is 1. The van der Waals surface area contributed by atoms with Gasteiger partial charge in [-0.15, -0.1) is 0 Å². The first-order chi connectivity index (χ1) is 17.9. The first-order valence-corrected chi connectivity index (χ1v) is 13.9. The molecule has 1 atom stereocenters. The van der Waals surface area contributed by atoms with Crippen molar-refractivity contribution >= 4 is 16.8 Å². The maximum absolute atomic E-state index is 13.7. The van der Waals surface area contributed by atoms with E-state index in [9.17, 15) is 14.0 Å². The number of aromatic nitrogens is 2. The molecule has 0 radical (unpaired) electrons. The van der Waals surface area contributed by atoms with Crippen molar-refractivity contribution in [3.05, 3.63) is 70.5 Å². The minimum atomic E-state index is -0.373. The van der Waals surface area contributed by atoms with Gasteiger partial charge in [-0.3, -0.25) is 14.2 Å². The van der Waals surface area contributed by atoms with E-state index in [-0.39, 0.29) is 29.2 Å². The van der Waals surface area contributed by atoms with Crippen molar-refractivity contribution in [1.82, 2.24) is 14.5 Å². The highest BCUT2D eigenvalue weighted by Crippen LogP contribution is 2.28. The fourth-order valence-corrected chi connectivity index (χ4v) is 4.93. The Kier molecular flexibility index (Phi) is 10.8. The molecule has 0 spiro atoms. The molecule has 0 aliphatic heterocycles. The molecular weight excluding hydrogens is 465 g/mol. The van der Waals surface area contributed by atoms with Crippen LogP contribution in [0.1, 0.15) is 97.3 Å². The molecule has 0 bridgehead atoms. The third-order valence-corrected chi connectivity index (χ3v) is 6.82.